The lowest BCUT2D eigenvalue weighted by atomic mass is 10.3. The number of rotatable bonds is 2. The highest BCUT2D eigenvalue weighted by atomic mass is 79.9. The smallest absolute Gasteiger partial charge is 0.216 e. The summed E-state index contributed by atoms with van der Waals surface area (Å²) in [4.78, 5) is 11.9. The lowest BCUT2D eigenvalue weighted by molar-refractivity contribution is 0.478. The molecule has 0 spiro atoms. The van der Waals surface area contributed by atoms with Gasteiger partial charge in [0.2, 0.25) is 5.43 Å². The van der Waals surface area contributed by atoms with E-state index >= 15 is 0 Å². The topological polar surface area (TPSA) is 49.3 Å². The van der Waals surface area contributed by atoms with Gasteiger partial charge in [0.25, 0.3) is 0 Å². The first-order valence-electron chi connectivity index (χ1n) is 5.02. The fourth-order valence-electron chi connectivity index (χ4n) is 1.39. The highest BCUT2D eigenvalue weighted by molar-refractivity contribution is 9.10. The van der Waals surface area contributed by atoms with Gasteiger partial charge in [-0.15, -0.1) is 0 Å². The Kier molecular flexibility index (Phi) is 3.44. The van der Waals surface area contributed by atoms with Crippen LogP contribution in [-0.4, -0.2) is 5.11 Å². The van der Waals surface area contributed by atoms with Crippen LogP contribution in [-0.2, 0) is 0 Å². The quantitative estimate of drug-likeness (QED) is 0.835. The van der Waals surface area contributed by atoms with Gasteiger partial charge in [0.1, 0.15) is 5.75 Å². The van der Waals surface area contributed by atoms with E-state index in [2.05, 4.69) is 21.2 Å². The minimum Gasteiger partial charge on any atom is -0.506 e. The zero-order chi connectivity index (χ0) is 12.3. The maximum Gasteiger partial charge on any atom is 0.216 e. The number of benzene rings is 1. The van der Waals surface area contributed by atoms with Crippen LogP contribution in [0.3, 0.4) is 0 Å². The molecule has 0 aliphatic carbocycles. The molecule has 3 nitrogen and oxygen atoms in total. The summed E-state index contributed by atoms with van der Waals surface area (Å²) in [5.74, 6) is 0.106. The largest absolute Gasteiger partial charge is 0.506 e. The Morgan fingerprint density at radius 3 is 2.24 bits per heavy atom. The van der Waals surface area contributed by atoms with E-state index < -0.39 is 0 Å². The number of aromatic hydroxyl groups is 1. The molecule has 0 atom stereocenters. The molecular formula is C13H10BrNO2. The molecule has 86 valence electrons. The molecule has 0 amide bonds. The molecule has 0 fully saturated rings. The summed E-state index contributed by atoms with van der Waals surface area (Å²) in [6.07, 6.45) is 0. The summed E-state index contributed by atoms with van der Waals surface area (Å²) in [6.45, 7) is 0. The molecule has 0 saturated heterocycles. The maximum atomic E-state index is 11.9. The molecule has 2 N–H and O–H groups in total. The molecule has 4 heteroatoms. The minimum absolute atomic E-state index is 0.106. The van der Waals surface area contributed by atoms with Gasteiger partial charge in [-0.3, -0.25) is 4.79 Å². The molecule has 0 radical (unpaired) electrons. The van der Waals surface area contributed by atoms with Crippen molar-refractivity contribution in [1.82, 2.24) is 0 Å². The van der Waals surface area contributed by atoms with Crippen molar-refractivity contribution in [2.75, 3.05) is 5.32 Å². The van der Waals surface area contributed by atoms with Gasteiger partial charge in [0.15, 0.2) is 0 Å². The Bertz CT molecular complexity index is 599. The van der Waals surface area contributed by atoms with Crippen molar-refractivity contribution >= 4 is 27.3 Å². The van der Waals surface area contributed by atoms with E-state index in [1.165, 1.54) is 0 Å². The molecule has 0 bridgehead atoms. The van der Waals surface area contributed by atoms with Crippen LogP contribution in [0.4, 0.5) is 11.4 Å². The number of phenols is 1. The van der Waals surface area contributed by atoms with Gasteiger partial charge in [-0.25, -0.2) is 0 Å². The average Bonchev–Trinajstić information content (AvgIpc) is 2.47. The highest BCUT2D eigenvalue weighted by Crippen LogP contribution is 2.24. The van der Waals surface area contributed by atoms with Crippen LogP contribution < -0.4 is 10.7 Å². The lowest BCUT2D eigenvalue weighted by Gasteiger charge is -2.05. The molecule has 0 aromatic heterocycles. The van der Waals surface area contributed by atoms with Crippen molar-refractivity contribution in [3.8, 4) is 5.75 Å². The second-order valence-corrected chi connectivity index (χ2v) is 4.31. The zero-order valence-electron chi connectivity index (χ0n) is 8.85. The zero-order valence-corrected chi connectivity index (χ0v) is 10.4. The molecule has 2 aromatic carbocycles. The van der Waals surface area contributed by atoms with Gasteiger partial charge >= 0.3 is 0 Å². The summed E-state index contributed by atoms with van der Waals surface area (Å²) in [6, 6.07) is 13.6. The number of para-hydroxylation sites is 2. The number of nitrogens with one attached hydrogen (secondary N) is 1. The van der Waals surface area contributed by atoms with Crippen LogP contribution in [0.1, 0.15) is 0 Å². The first kappa shape index (κ1) is 11.7. The van der Waals surface area contributed by atoms with Crippen LogP contribution in [0.25, 0.3) is 0 Å². The van der Waals surface area contributed by atoms with Gasteiger partial charge in [-0.1, -0.05) is 24.3 Å². The van der Waals surface area contributed by atoms with E-state index in [4.69, 9.17) is 0 Å². The fraction of sp³-hybridized carbons (Fsp3) is 0. The second-order valence-electron chi connectivity index (χ2n) is 3.45. The van der Waals surface area contributed by atoms with Gasteiger partial charge in [0, 0.05) is 0 Å². The van der Waals surface area contributed by atoms with Crippen molar-refractivity contribution in [2.24, 2.45) is 0 Å². The van der Waals surface area contributed by atoms with Crippen LogP contribution >= 0.6 is 15.9 Å². The van der Waals surface area contributed by atoms with Crippen LogP contribution in [0.15, 0.2) is 57.8 Å². The maximum absolute atomic E-state index is 11.9. The van der Waals surface area contributed by atoms with E-state index in [-0.39, 0.29) is 11.2 Å². The average molecular weight is 292 g/mol. The molecule has 17 heavy (non-hydrogen) atoms. The van der Waals surface area contributed by atoms with E-state index in [9.17, 15) is 9.90 Å². The Morgan fingerprint density at radius 1 is 0.941 bits per heavy atom. The Labute approximate surface area is 107 Å². The first-order chi connectivity index (χ1) is 8.18. The Balaban J connectivity index is 2.45. The van der Waals surface area contributed by atoms with Crippen LogP contribution in [0.5, 0.6) is 5.75 Å². The number of anilines is 2. The number of halogens is 1. The standard InChI is InChI=1S/C13H10BrNO2/c14-9-5-1-2-7-11(13(9)17)15-10-6-3-4-8-12(10)16/h1-8,16H,(H,15,17). The summed E-state index contributed by atoms with van der Waals surface area (Å²) in [5, 5.41) is 12.5. The normalized spacial score (nSPS) is 9.94. The highest BCUT2D eigenvalue weighted by Gasteiger charge is 2.04. The van der Waals surface area contributed by atoms with Crippen molar-refractivity contribution in [1.29, 1.82) is 0 Å². The van der Waals surface area contributed by atoms with Crippen molar-refractivity contribution < 1.29 is 5.11 Å². The number of hydrogen-bond donors (Lipinski definition) is 2. The number of hydrogen-bond acceptors (Lipinski definition) is 3. The SMILES string of the molecule is O=c1c(Br)ccccc1Nc1ccccc1O. The molecular weight excluding hydrogens is 282 g/mol. The lowest BCUT2D eigenvalue weighted by Crippen LogP contribution is -2.05. The van der Waals surface area contributed by atoms with Gasteiger partial charge < -0.3 is 10.4 Å². The fourth-order valence-corrected chi connectivity index (χ4v) is 1.76. The van der Waals surface area contributed by atoms with Crippen LogP contribution in [0, 0.1) is 0 Å². The Morgan fingerprint density at radius 2 is 1.53 bits per heavy atom. The van der Waals surface area contributed by atoms with E-state index in [1.54, 1.807) is 48.5 Å². The van der Waals surface area contributed by atoms with Gasteiger partial charge in [0.05, 0.1) is 15.8 Å². The predicted molar refractivity (Wildman–Crippen MR) is 71.8 cm³/mol. The second kappa shape index (κ2) is 5.01. The van der Waals surface area contributed by atoms with Crippen molar-refractivity contribution in [3.63, 3.8) is 0 Å². The summed E-state index contributed by atoms with van der Waals surface area (Å²) in [5.41, 5.74) is 0.754. The molecule has 2 aromatic rings. The molecule has 0 aliphatic rings. The third kappa shape index (κ3) is 2.65. The van der Waals surface area contributed by atoms with Crippen molar-refractivity contribution in [3.05, 3.63) is 63.2 Å². The molecule has 0 aliphatic heterocycles. The van der Waals surface area contributed by atoms with E-state index in [1.807, 2.05) is 0 Å². The third-order valence-electron chi connectivity index (χ3n) is 2.25. The first-order valence-corrected chi connectivity index (χ1v) is 5.81. The third-order valence-corrected chi connectivity index (χ3v) is 2.88. The van der Waals surface area contributed by atoms with Gasteiger partial charge in [-0.2, -0.15) is 0 Å². The number of phenolic OH excluding ortho intramolecular Hbond substituents is 1. The summed E-state index contributed by atoms with van der Waals surface area (Å²) in [7, 11) is 0. The monoisotopic (exact) mass is 291 g/mol. The van der Waals surface area contributed by atoms with Gasteiger partial charge in [-0.05, 0) is 40.2 Å². The summed E-state index contributed by atoms with van der Waals surface area (Å²) >= 11 is 3.19. The summed E-state index contributed by atoms with van der Waals surface area (Å²) < 4.78 is 0.473. The molecule has 2 rings (SSSR count). The van der Waals surface area contributed by atoms with E-state index in [0.717, 1.165) is 0 Å². The Hall–Kier alpha value is -1.81. The van der Waals surface area contributed by atoms with E-state index in [0.29, 0.717) is 15.8 Å². The minimum atomic E-state index is -0.154. The molecule has 0 saturated carbocycles. The van der Waals surface area contributed by atoms with Crippen molar-refractivity contribution in [2.45, 2.75) is 0 Å². The molecule has 0 heterocycles. The van der Waals surface area contributed by atoms with Crippen LogP contribution in [0.2, 0.25) is 0 Å². The molecule has 0 unspecified atom stereocenters. The predicted octanol–water partition coefficient (Wildman–Crippen LogP) is 3.26.